The van der Waals surface area contributed by atoms with Gasteiger partial charge in [0.25, 0.3) is 10.0 Å². The fourth-order valence-corrected chi connectivity index (χ4v) is 3.60. The third-order valence-electron chi connectivity index (χ3n) is 2.68. The third kappa shape index (κ3) is 4.03. The number of aliphatic carboxylic acids is 1. The van der Waals surface area contributed by atoms with Crippen LogP contribution in [0.15, 0.2) is 11.2 Å². The van der Waals surface area contributed by atoms with Crippen LogP contribution >= 0.6 is 0 Å². The molecule has 0 radical (unpaired) electrons. The first kappa shape index (κ1) is 15.6. The van der Waals surface area contributed by atoms with Gasteiger partial charge in [-0.3, -0.25) is 9.48 Å². The molecular formula is C11H19N3O4S. The summed E-state index contributed by atoms with van der Waals surface area (Å²) in [4.78, 5) is 10.6. The molecule has 2 N–H and O–H groups in total. The molecule has 8 heteroatoms. The van der Waals surface area contributed by atoms with Gasteiger partial charge in [-0.05, 0) is 27.2 Å². The summed E-state index contributed by atoms with van der Waals surface area (Å²) in [6.07, 6.45) is 1.58. The van der Waals surface area contributed by atoms with Crippen LogP contribution in [-0.4, -0.2) is 34.8 Å². The van der Waals surface area contributed by atoms with Gasteiger partial charge in [0.05, 0.1) is 6.20 Å². The highest BCUT2D eigenvalue weighted by Gasteiger charge is 2.29. The molecule has 0 saturated heterocycles. The molecule has 0 aliphatic carbocycles. The number of hydrogen-bond acceptors (Lipinski definition) is 4. The Kier molecular flexibility index (Phi) is 4.36. The van der Waals surface area contributed by atoms with Crippen LogP contribution in [0.4, 0.5) is 0 Å². The quantitative estimate of drug-likeness (QED) is 0.800. The van der Waals surface area contributed by atoms with Crippen LogP contribution in [-0.2, 0) is 21.9 Å². The van der Waals surface area contributed by atoms with Gasteiger partial charge in [0.2, 0.25) is 0 Å². The van der Waals surface area contributed by atoms with E-state index in [1.807, 2.05) is 0 Å². The second kappa shape index (κ2) is 5.30. The summed E-state index contributed by atoms with van der Waals surface area (Å²) in [6, 6.07) is 0. The molecule has 0 spiro atoms. The van der Waals surface area contributed by atoms with Crippen LogP contribution in [0, 0.1) is 6.92 Å². The van der Waals surface area contributed by atoms with E-state index in [9.17, 15) is 13.2 Å². The number of sulfonamides is 1. The van der Waals surface area contributed by atoms with Crippen molar-refractivity contribution in [1.82, 2.24) is 14.5 Å². The van der Waals surface area contributed by atoms with Crippen LogP contribution in [0.3, 0.4) is 0 Å². The van der Waals surface area contributed by atoms with E-state index in [0.717, 1.165) is 0 Å². The lowest BCUT2D eigenvalue weighted by atomic mass is 10.0. The van der Waals surface area contributed by atoms with Gasteiger partial charge in [-0.15, -0.1) is 0 Å². The van der Waals surface area contributed by atoms with Crippen LogP contribution < -0.4 is 4.72 Å². The number of aryl methyl sites for hydroxylation is 2. The smallest absolute Gasteiger partial charge is 0.303 e. The Bertz CT molecular complexity index is 555. The highest BCUT2D eigenvalue weighted by Crippen LogP contribution is 2.19. The summed E-state index contributed by atoms with van der Waals surface area (Å²) in [5.41, 5.74) is -0.294. The lowest BCUT2D eigenvalue weighted by Crippen LogP contribution is -2.44. The summed E-state index contributed by atoms with van der Waals surface area (Å²) in [5.74, 6) is -0.955. The second-order valence-electron chi connectivity index (χ2n) is 5.14. The van der Waals surface area contributed by atoms with Gasteiger partial charge in [-0.1, -0.05) is 0 Å². The van der Waals surface area contributed by atoms with Gasteiger partial charge >= 0.3 is 5.97 Å². The number of carboxylic acid groups (broad SMARTS) is 1. The second-order valence-corrected chi connectivity index (χ2v) is 6.74. The van der Waals surface area contributed by atoms with Crippen LogP contribution in [0.1, 0.15) is 32.3 Å². The Balaban J connectivity index is 2.94. The minimum absolute atomic E-state index is 0.0934. The molecule has 0 bridgehead atoms. The number of rotatable bonds is 6. The molecule has 108 valence electrons. The van der Waals surface area contributed by atoms with Gasteiger partial charge in [0.1, 0.15) is 0 Å². The zero-order valence-corrected chi connectivity index (χ0v) is 12.3. The van der Waals surface area contributed by atoms with E-state index in [1.54, 1.807) is 27.8 Å². The molecule has 0 aliphatic heterocycles. The molecule has 1 heterocycles. The predicted molar refractivity (Wildman–Crippen MR) is 69.2 cm³/mol. The molecule has 0 aliphatic rings. The van der Waals surface area contributed by atoms with E-state index >= 15 is 0 Å². The molecule has 0 saturated carbocycles. The monoisotopic (exact) mass is 289 g/mol. The van der Waals surface area contributed by atoms with Crippen molar-refractivity contribution in [3.63, 3.8) is 0 Å². The molecule has 0 amide bonds. The number of hydrogen-bond donors (Lipinski definition) is 2. The fourth-order valence-electron chi connectivity index (χ4n) is 1.80. The van der Waals surface area contributed by atoms with Crippen molar-refractivity contribution in [2.45, 2.75) is 44.2 Å². The normalized spacial score (nSPS) is 12.6. The molecular weight excluding hydrogens is 270 g/mol. The first-order valence-corrected chi connectivity index (χ1v) is 7.28. The molecule has 19 heavy (non-hydrogen) atoms. The van der Waals surface area contributed by atoms with Gasteiger partial charge in [0, 0.05) is 24.6 Å². The summed E-state index contributed by atoms with van der Waals surface area (Å²) < 4.78 is 28.4. The average Bonchev–Trinajstić information content (AvgIpc) is 2.54. The topological polar surface area (TPSA) is 101 Å². The minimum atomic E-state index is -3.73. The summed E-state index contributed by atoms with van der Waals surface area (Å²) in [7, 11) is -2.18. The van der Waals surface area contributed by atoms with Gasteiger partial charge in [-0.2, -0.15) is 5.10 Å². The lowest BCUT2D eigenvalue weighted by Gasteiger charge is -2.25. The van der Waals surface area contributed by atoms with Crippen LogP contribution in [0.25, 0.3) is 0 Å². The molecule has 0 unspecified atom stereocenters. The first-order valence-electron chi connectivity index (χ1n) is 5.79. The van der Waals surface area contributed by atoms with E-state index in [1.165, 1.54) is 10.9 Å². The Labute approximate surface area is 112 Å². The molecule has 1 aromatic rings. The van der Waals surface area contributed by atoms with Crippen LogP contribution in [0.2, 0.25) is 0 Å². The van der Waals surface area contributed by atoms with E-state index in [4.69, 9.17) is 5.11 Å². The number of carbonyl (C=O) groups is 1. The van der Waals surface area contributed by atoms with Crippen molar-refractivity contribution in [2.24, 2.45) is 7.05 Å². The number of nitrogens with zero attached hydrogens (tertiary/aromatic N) is 2. The summed E-state index contributed by atoms with van der Waals surface area (Å²) in [5, 5.41) is 12.6. The standard InChI is InChI=1S/C11H19N3O4S/c1-8-7-12-14(4)10(8)19(17,18)13-11(2,3)6-5-9(15)16/h7,13H,5-6H2,1-4H3,(H,15,16). The molecule has 7 nitrogen and oxygen atoms in total. The first-order chi connectivity index (χ1) is 8.55. The van der Waals surface area contributed by atoms with Crippen molar-refractivity contribution in [2.75, 3.05) is 0 Å². The maximum absolute atomic E-state index is 12.3. The maximum atomic E-state index is 12.3. The van der Waals surface area contributed by atoms with E-state index < -0.39 is 21.5 Å². The summed E-state index contributed by atoms with van der Waals surface area (Å²) in [6.45, 7) is 4.96. The van der Waals surface area contributed by atoms with Gasteiger partial charge < -0.3 is 5.11 Å². The van der Waals surface area contributed by atoms with Crippen molar-refractivity contribution in [3.05, 3.63) is 11.8 Å². The average molecular weight is 289 g/mol. The van der Waals surface area contributed by atoms with Crippen molar-refractivity contribution >= 4 is 16.0 Å². The maximum Gasteiger partial charge on any atom is 0.303 e. The minimum Gasteiger partial charge on any atom is -0.481 e. The highest BCUT2D eigenvalue weighted by molar-refractivity contribution is 7.89. The van der Waals surface area contributed by atoms with Gasteiger partial charge in [0.15, 0.2) is 5.03 Å². The molecule has 1 aromatic heterocycles. The Morgan fingerprint density at radius 1 is 1.53 bits per heavy atom. The Morgan fingerprint density at radius 3 is 2.53 bits per heavy atom. The Hall–Kier alpha value is -1.41. The number of aromatic nitrogens is 2. The zero-order chi connectivity index (χ0) is 14.8. The molecule has 0 aromatic carbocycles. The van der Waals surface area contributed by atoms with Gasteiger partial charge in [-0.25, -0.2) is 13.1 Å². The van der Waals surface area contributed by atoms with Crippen molar-refractivity contribution in [1.29, 1.82) is 0 Å². The van der Waals surface area contributed by atoms with Crippen LogP contribution in [0.5, 0.6) is 0 Å². The third-order valence-corrected chi connectivity index (χ3v) is 4.60. The van der Waals surface area contributed by atoms with E-state index in [0.29, 0.717) is 5.56 Å². The zero-order valence-electron chi connectivity index (χ0n) is 11.5. The lowest BCUT2D eigenvalue weighted by molar-refractivity contribution is -0.137. The molecule has 1 rings (SSSR count). The summed E-state index contributed by atoms with van der Waals surface area (Å²) >= 11 is 0. The number of nitrogens with one attached hydrogen (secondary N) is 1. The SMILES string of the molecule is Cc1cnn(C)c1S(=O)(=O)NC(C)(C)CCC(=O)O. The highest BCUT2D eigenvalue weighted by atomic mass is 32.2. The number of carboxylic acids is 1. The fraction of sp³-hybridized carbons (Fsp3) is 0.636. The largest absolute Gasteiger partial charge is 0.481 e. The molecule has 0 atom stereocenters. The van der Waals surface area contributed by atoms with Crippen molar-refractivity contribution < 1.29 is 18.3 Å². The predicted octanol–water partition coefficient (Wildman–Crippen LogP) is 0.650. The van der Waals surface area contributed by atoms with E-state index in [2.05, 4.69) is 9.82 Å². The molecule has 0 fully saturated rings. The van der Waals surface area contributed by atoms with Crippen molar-refractivity contribution in [3.8, 4) is 0 Å². The van der Waals surface area contributed by atoms with E-state index in [-0.39, 0.29) is 17.9 Å². The Morgan fingerprint density at radius 2 is 2.11 bits per heavy atom.